The number of likely N-dealkylation sites (tertiary alicyclic amines) is 1. The van der Waals surface area contributed by atoms with Gasteiger partial charge in [-0.3, -0.25) is 15.4 Å². The summed E-state index contributed by atoms with van der Waals surface area (Å²) in [6, 6.07) is 8.06. The van der Waals surface area contributed by atoms with Crippen LogP contribution in [0.1, 0.15) is 53.0 Å². The second-order valence-corrected chi connectivity index (χ2v) is 10.4. The number of halogens is 1. The number of thioether (sulfide) groups is 1. The van der Waals surface area contributed by atoms with E-state index in [-0.39, 0.29) is 41.7 Å². The Bertz CT molecular complexity index is 648. The molecule has 0 radical (unpaired) electrons. The topological polar surface area (TPSA) is 75.9 Å². The molecule has 7 heteroatoms. The molecule has 1 amide bonds. The van der Waals surface area contributed by atoms with E-state index in [0.717, 1.165) is 36.8 Å². The van der Waals surface area contributed by atoms with Gasteiger partial charge in [-0.25, -0.2) is 0 Å². The summed E-state index contributed by atoms with van der Waals surface area (Å²) in [5.41, 5.74) is 1.53. The minimum Gasteiger partial charge on any atom is -0.412 e. The number of rotatable bonds is 5. The van der Waals surface area contributed by atoms with Gasteiger partial charge in [0, 0.05) is 30.4 Å². The van der Waals surface area contributed by atoms with Crippen LogP contribution < -0.4 is 10.6 Å². The van der Waals surface area contributed by atoms with Crippen LogP contribution in [0.15, 0.2) is 24.3 Å². The van der Waals surface area contributed by atoms with Crippen LogP contribution in [-0.4, -0.2) is 53.2 Å². The van der Waals surface area contributed by atoms with Crippen LogP contribution in [0.25, 0.3) is 0 Å². The highest BCUT2D eigenvalue weighted by Crippen LogP contribution is 2.42. The molecule has 3 rings (SSSR count). The van der Waals surface area contributed by atoms with Gasteiger partial charge in [-0.2, -0.15) is 0 Å². The number of nitrogens with one attached hydrogen (secondary N) is 2. The third-order valence-electron chi connectivity index (χ3n) is 5.79. The quantitative estimate of drug-likeness (QED) is 0.726. The minimum atomic E-state index is -0.143. The van der Waals surface area contributed by atoms with Crippen molar-refractivity contribution in [3.05, 3.63) is 34.9 Å². The Morgan fingerprint density at radius 1 is 1.31 bits per heavy atom. The molecule has 3 atom stereocenters. The molecule has 2 aliphatic rings. The average molecular weight is 444 g/mol. The summed E-state index contributed by atoms with van der Waals surface area (Å²) in [6.45, 7) is 11.4. The molecule has 0 bridgehead atoms. The number of amides is 1. The molecule has 29 heavy (non-hydrogen) atoms. The second-order valence-electron chi connectivity index (χ2n) is 8.73. The van der Waals surface area contributed by atoms with Crippen LogP contribution in [-0.2, 0) is 4.79 Å². The first-order valence-corrected chi connectivity index (χ1v) is 11.4. The minimum absolute atomic E-state index is 0. The average Bonchev–Trinajstić information content (AvgIpc) is 3.12. The second kappa shape index (κ2) is 11.0. The highest BCUT2D eigenvalue weighted by Gasteiger charge is 2.40. The van der Waals surface area contributed by atoms with Crippen molar-refractivity contribution in [2.75, 3.05) is 25.4 Å². The normalized spacial score (nSPS) is 24.6. The smallest absolute Gasteiger partial charge is 0.240 e. The third-order valence-corrected chi connectivity index (χ3v) is 7.12. The van der Waals surface area contributed by atoms with E-state index in [1.54, 1.807) is 0 Å². The Balaban J connectivity index is 0.00000210. The van der Waals surface area contributed by atoms with Gasteiger partial charge in [0.15, 0.2) is 0 Å². The van der Waals surface area contributed by atoms with Crippen molar-refractivity contribution in [1.82, 2.24) is 15.5 Å². The van der Waals surface area contributed by atoms with Gasteiger partial charge in [-0.05, 0) is 41.4 Å². The van der Waals surface area contributed by atoms with Crippen LogP contribution in [0, 0.1) is 11.3 Å². The zero-order chi connectivity index (χ0) is 19.6. The molecule has 2 unspecified atom stereocenters. The molecule has 1 aromatic rings. The molecule has 2 aliphatic heterocycles. The molecule has 0 aromatic heterocycles. The van der Waals surface area contributed by atoms with E-state index >= 15 is 0 Å². The summed E-state index contributed by atoms with van der Waals surface area (Å²) in [5.74, 6) is 2.03. The van der Waals surface area contributed by atoms with E-state index in [4.69, 9.17) is 11.6 Å². The predicted molar refractivity (Wildman–Crippen MR) is 126 cm³/mol. The summed E-state index contributed by atoms with van der Waals surface area (Å²) in [6.07, 6.45) is 0.988. The predicted octanol–water partition coefficient (Wildman–Crippen LogP) is 3.73. The van der Waals surface area contributed by atoms with Crippen LogP contribution in [0.5, 0.6) is 0 Å². The maximum absolute atomic E-state index is 13.3. The lowest BCUT2D eigenvalue weighted by Gasteiger charge is -2.46. The van der Waals surface area contributed by atoms with Crippen LogP contribution in [0.4, 0.5) is 0 Å². The van der Waals surface area contributed by atoms with E-state index < -0.39 is 0 Å². The van der Waals surface area contributed by atoms with Crippen LogP contribution in [0.2, 0.25) is 5.02 Å². The number of carbonyl (C=O) groups is 1. The molecule has 2 fully saturated rings. The van der Waals surface area contributed by atoms with Gasteiger partial charge >= 0.3 is 0 Å². The van der Waals surface area contributed by atoms with Crippen LogP contribution >= 0.6 is 23.4 Å². The fraction of sp³-hybridized carbons (Fsp3) is 0.682. The molecule has 5 nitrogen and oxygen atoms in total. The van der Waals surface area contributed by atoms with Gasteiger partial charge in [0.05, 0.1) is 6.04 Å². The molecule has 0 spiro atoms. The van der Waals surface area contributed by atoms with E-state index in [9.17, 15) is 4.79 Å². The van der Waals surface area contributed by atoms with Crippen LogP contribution in [0.3, 0.4) is 0 Å². The molecule has 0 aliphatic carbocycles. The van der Waals surface area contributed by atoms with Crippen molar-refractivity contribution < 1.29 is 10.3 Å². The summed E-state index contributed by atoms with van der Waals surface area (Å²) in [5, 5.41) is 7.73. The fourth-order valence-corrected chi connectivity index (χ4v) is 5.38. The lowest BCUT2D eigenvalue weighted by molar-refractivity contribution is -0.138. The lowest BCUT2D eigenvalue weighted by atomic mass is 9.70. The third kappa shape index (κ3) is 6.34. The number of benzene rings is 1. The standard InChI is InChI=1S/C21H32ClN3OS.CH4.H2O/c1-14(2)18(24-20-23-10-12-27-20)19(26)25-11-9-17(21(3,4)13-25)15-5-7-16(22)8-6-15;;/h5-8,14,17-18,20,23-24H,9-13H2,1-4H3;1H4;1H2/t17?,18-,20?;;/m1../s1. The van der Waals surface area contributed by atoms with Gasteiger partial charge in [-0.1, -0.05) is 58.9 Å². The number of piperidine rings is 1. The summed E-state index contributed by atoms with van der Waals surface area (Å²) < 4.78 is 0. The Morgan fingerprint density at radius 2 is 1.97 bits per heavy atom. The first-order chi connectivity index (χ1) is 12.8. The fourth-order valence-electron chi connectivity index (χ4n) is 4.30. The van der Waals surface area contributed by atoms with Gasteiger partial charge in [0.2, 0.25) is 5.91 Å². The van der Waals surface area contributed by atoms with Crippen molar-refractivity contribution in [3.63, 3.8) is 0 Å². The Labute approximate surface area is 185 Å². The van der Waals surface area contributed by atoms with Gasteiger partial charge in [-0.15, -0.1) is 11.8 Å². The molecule has 4 N–H and O–H groups in total. The summed E-state index contributed by atoms with van der Waals surface area (Å²) >= 11 is 7.90. The molecule has 166 valence electrons. The largest absolute Gasteiger partial charge is 0.412 e. The highest BCUT2D eigenvalue weighted by atomic mass is 35.5. The van der Waals surface area contributed by atoms with E-state index in [1.807, 2.05) is 23.9 Å². The monoisotopic (exact) mass is 443 g/mol. The number of carbonyl (C=O) groups excluding carboxylic acids is 1. The van der Waals surface area contributed by atoms with E-state index in [0.29, 0.717) is 5.92 Å². The Hall–Kier alpha value is -0.790. The zero-order valence-corrected chi connectivity index (χ0v) is 18.9. The molecule has 1 aromatic carbocycles. The maximum Gasteiger partial charge on any atom is 0.240 e. The van der Waals surface area contributed by atoms with Crippen molar-refractivity contribution in [1.29, 1.82) is 0 Å². The number of hydrogen-bond acceptors (Lipinski definition) is 4. The first kappa shape index (κ1) is 26.2. The maximum atomic E-state index is 13.3. The Kier molecular flexibility index (Phi) is 9.96. The van der Waals surface area contributed by atoms with Crippen molar-refractivity contribution in [2.45, 2.75) is 59.0 Å². The van der Waals surface area contributed by atoms with Crippen molar-refractivity contribution in [3.8, 4) is 0 Å². The molecular formula is C22H38ClN3O2S. The van der Waals surface area contributed by atoms with E-state index in [1.165, 1.54) is 5.56 Å². The van der Waals surface area contributed by atoms with Gasteiger partial charge < -0.3 is 10.4 Å². The van der Waals surface area contributed by atoms with E-state index in [2.05, 4.69) is 55.4 Å². The van der Waals surface area contributed by atoms with Gasteiger partial charge in [0.1, 0.15) is 5.50 Å². The SMILES string of the molecule is C.CC(C)[C@@H](NC1NCCS1)C(=O)N1CCC(c2ccc(Cl)cc2)C(C)(C)C1.O. The van der Waals surface area contributed by atoms with Crippen molar-refractivity contribution in [2.24, 2.45) is 11.3 Å². The Morgan fingerprint density at radius 3 is 2.48 bits per heavy atom. The molecule has 0 saturated carbocycles. The molecule has 2 saturated heterocycles. The lowest BCUT2D eigenvalue weighted by Crippen LogP contribution is -2.57. The summed E-state index contributed by atoms with van der Waals surface area (Å²) in [4.78, 5) is 15.4. The van der Waals surface area contributed by atoms with Gasteiger partial charge in [0.25, 0.3) is 0 Å². The summed E-state index contributed by atoms with van der Waals surface area (Å²) in [7, 11) is 0. The molecular weight excluding hydrogens is 406 g/mol. The highest BCUT2D eigenvalue weighted by molar-refractivity contribution is 8.00. The zero-order valence-electron chi connectivity index (χ0n) is 17.3. The van der Waals surface area contributed by atoms with Crippen molar-refractivity contribution >= 4 is 29.3 Å². The number of nitrogens with zero attached hydrogens (tertiary/aromatic N) is 1. The molecule has 2 heterocycles. The number of hydrogen-bond donors (Lipinski definition) is 2. The first-order valence-electron chi connectivity index (χ1n) is 9.93.